The van der Waals surface area contributed by atoms with Crippen molar-refractivity contribution in [2.45, 2.75) is 44.6 Å². The molecule has 1 aliphatic rings. The molecule has 0 spiro atoms. The molecule has 0 radical (unpaired) electrons. The zero-order valence-electron chi connectivity index (χ0n) is 24.0. The molecule has 41 heavy (non-hydrogen) atoms. The molecule has 5 rings (SSSR count). The number of rotatable bonds is 10. The first-order chi connectivity index (χ1) is 20.0. The molecule has 2 atom stereocenters. The molecule has 4 aromatic rings. The number of hydrogen-bond donors (Lipinski definition) is 1. The number of hydrogen-bond acceptors (Lipinski definition) is 4. The van der Waals surface area contributed by atoms with Gasteiger partial charge < -0.3 is 14.8 Å². The molecule has 1 fully saturated rings. The number of aromatic amines is 1. The highest BCUT2D eigenvalue weighted by atomic mass is 16.2. The number of nitriles is 1. The summed E-state index contributed by atoms with van der Waals surface area (Å²) >= 11 is 0. The fourth-order valence-corrected chi connectivity index (χ4v) is 6.42. The Morgan fingerprint density at radius 1 is 1.07 bits per heavy atom. The molecular weight excluding hydrogens is 506 g/mol. The quantitative estimate of drug-likeness (QED) is 0.260. The van der Waals surface area contributed by atoms with Gasteiger partial charge in [-0.2, -0.15) is 5.26 Å². The summed E-state index contributed by atoms with van der Waals surface area (Å²) in [7, 11) is 0. The summed E-state index contributed by atoms with van der Waals surface area (Å²) in [4.78, 5) is 25.5. The van der Waals surface area contributed by atoms with Crippen LogP contribution < -0.4 is 0 Å². The van der Waals surface area contributed by atoms with Crippen LogP contribution in [0.25, 0.3) is 0 Å². The van der Waals surface area contributed by atoms with E-state index in [0.29, 0.717) is 30.4 Å². The number of H-pyrrole nitrogens is 1. The minimum atomic E-state index is -0.602. The zero-order chi connectivity index (χ0) is 28.7. The Labute approximate surface area is 243 Å². The van der Waals surface area contributed by atoms with Crippen molar-refractivity contribution in [3.8, 4) is 6.07 Å². The molecular formula is C35H39N5O. The predicted octanol–water partition coefficient (Wildman–Crippen LogP) is 6.13. The van der Waals surface area contributed by atoms with Crippen molar-refractivity contribution in [3.05, 3.63) is 125 Å². The first-order valence-electron chi connectivity index (χ1n) is 14.5. The van der Waals surface area contributed by atoms with Crippen LogP contribution >= 0.6 is 0 Å². The van der Waals surface area contributed by atoms with Gasteiger partial charge in [0.05, 0.1) is 35.4 Å². The van der Waals surface area contributed by atoms with Crippen LogP contribution in [0.4, 0.5) is 0 Å². The summed E-state index contributed by atoms with van der Waals surface area (Å²) in [6.45, 7) is 7.45. The number of carbonyl (C=O) groups is 1. The lowest BCUT2D eigenvalue weighted by atomic mass is 9.85. The summed E-state index contributed by atoms with van der Waals surface area (Å²) in [6.07, 6.45) is 6.35. The van der Waals surface area contributed by atoms with E-state index in [0.717, 1.165) is 43.7 Å². The smallest absolute Gasteiger partial charge is 0.220 e. The number of piperidine rings is 1. The molecule has 6 heteroatoms. The van der Waals surface area contributed by atoms with Crippen molar-refractivity contribution in [2.24, 2.45) is 5.92 Å². The van der Waals surface area contributed by atoms with Crippen molar-refractivity contribution < 1.29 is 4.79 Å². The van der Waals surface area contributed by atoms with Gasteiger partial charge in [0.2, 0.25) is 5.91 Å². The van der Waals surface area contributed by atoms with Gasteiger partial charge in [0.25, 0.3) is 0 Å². The Bertz CT molecular complexity index is 1390. The number of likely N-dealkylation sites (tertiary alicyclic amines) is 1. The van der Waals surface area contributed by atoms with Crippen LogP contribution in [0.2, 0.25) is 0 Å². The number of amides is 1. The first kappa shape index (κ1) is 28.3. The van der Waals surface area contributed by atoms with E-state index in [4.69, 9.17) is 0 Å². The monoisotopic (exact) mass is 545 g/mol. The van der Waals surface area contributed by atoms with Crippen LogP contribution in [0.5, 0.6) is 0 Å². The molecule has 1 saturated heterocycles. The SMILES string of the molecule is CC(=O)N(C[C@H]1CCCN(CC(c2ccccc2)c2ccccc2)C1)C(C)(Cc1ccc(C#N)cc1)c1cnc[nH]1. The third kappa shape index (κ3) is 6.75. The molecule has 2 heterocycles. The van der Waals surface area contributed by atoms with Crippen LogP contribution in [-0.2, 0) is 16.8 Å². The van der Waals surface area contributed by atoms with Gasteiger partial charge in [-0.25, -0.2) is 4.98 Å². The number of benzene rings is 3. The van der Waals surface area contributed by atoms with Gasteiger partial charge in [-0.3, -0.25) is 4.79 Å². The van der Waals surface area contributed by atoms with E-state index < -0.39 is 5.54 Å². The molecule has 1 N–H and O–H groups in total. The third-order valence-electron chi connectivity index (χ3n) is 8.57. The average molecular weight is 546 g/mol. The van der Waals surface area contributed by atoms with E-state index in [1.165, 1.54) is 11.1 Å². The van der Waals surface area contributed by atoms with E-state index >= 15 is 0 Å². The summed E-state index contributed by atoms with van der Waals surface area (Å²) < 4.78 is 0. The van der Waals surface area contributed by atoms with Crippen LogP contribution in [0.15, 0.2) is 97.5 Å². The Kier molecular flexibility index (Phi) is 8.96. The zero-order valence-corrected chi connectivity index (χ0v) is 24.0. The number of nitrogens with one attached hydrogen (secondary N) is 1. The molecule has 1 aromatic heterocycles. The van der Waals surface area contributed by atoms with Crippen molar-refractivity contribution in [1.82, 2.24) is 19.8 Å². The Morgan fingerprint density at radius 3 is 2.29 bits per heavy atom. The maximum absolute atomic E-state index is 13.3. The largest absolute Gasteiger partial charge is 0.347 e. The fraction of sp³-hybridized carbons (Fsp3) is 0.343. The lowest BCUT2D eigenvalue weighted by Crippen LogP contribution is -2.52. The minimum Gasteiger partial charge on any atom is -0.347 e. The number of imidazole rings is 1. The molecule has 1 aliphatic heterocycles. The van der Waals surface area contributed by atoms with Gasteiger partial charge in [-0.15, -0.1) is 0 Å². The topological polar surface area (TPSA) is 76.0 Å². The van der Waals surface area contributed by atoms with Crippen molar-refractivity contribution >= 4 is 5.91 Å². The highest BCUT2D eigenvalue weighted by Gasteiger charge is 2.39. The van der Waals surface area contributed by atoms with E-state index in [9.17, 15) is 10.1 Å². The number of nitrogens with zero attached hydrogens (tertiary/aromatic N) is 4. The maximum Gasteiger partial charge on any atom is 0.220 e. The maximum atomic E-state index is 13.3. The van der Waals surface area contributed by atoms with Crippen LogP contribution in [0.3, 0.4) is 0 Å². The van der Waals surface area contributed by atoms with Crippen molar-refractivity contribution in [1.29, 1.82) is 5.26 Å². The third-order valence-corrected chi connectivity index (χ3v) is 8.57. The van der Waals surface area contributed by atoms with Gasteiger partial charge in [0, 0.05) is 38.9 Å². The summed E-state index contributed by atoms with van der Waals surface area (Å²) in [6, 6.07) is 31.4. The molecule has 1 unspecified atom stereocenters. The Morgan fingerprint density at radius 2 is 1.73 bits per heavy atom. The van der Waals surface area contributed by atoms with Crippen LogP contribution in [-0.4, -0.2) is 51.9 Å². The molecule has 210 valence electrons. The van der Waals surface area contributed by atoms with Crippen molar-refractivity contribution in [3.63, 3.8) is 0 Å². The van der Waals surface area contributed by atoms with Gasteiger partial charge in [0.1, 0.15) is 0 Å². The normalized spacial score (nSPS) is 17.1. The summed E-state index contributed by atoms with van der Waals surface area (Å²) in [5, 5.41) is 9.24. The highest BCUT2D eigenvalue weighted by molar-refractivity contribution is 5.74. The lowest BCUT2D eigenvalue weighted by Gasteiger charge is -2.44. The van der Waals surface area contributed by atoms with E-state index in [2.05, 4.69) is 88.5 Å². The second kappa shape index (κ2) is 13.0. The van der Waals surface area contributed by atoms with Crippen LogP contribution in [0, 0.1) is 17.2 Å². The second-order valence-electron chi connectivity index (χ2n) is 11.5. The predicted molar refractivity (Wildman–Crippen MR) is 162 cm³/mol. The fourth-order valence-electron chi connectivity index (χ4n) is 6.42. The van der Waals surface area contributed by atoms with Crippen LogP contribution in [0.1, 0.15) is 60.6 Å². The van der Waals surface area contributed by atoms with E-state index in [-0.39, 0.29) is 5.91 Å². The van der Waals surface area contributed by atoms with Gasteiger partial charge >= 0.3 is 0 Å². The molecule has 0 aliphatic carbocycles. The first-order valence-corrected chi connectivity index (χ1v) is 14.5. The summed E-state index contributed by atoms with van der Waals surface area (Å²) in [5.41, 5.74) is 4.69. The van der Waals surface area contributed by atoms with E-state index in [1.807, 2.05) is 35.4 Å². The van der Waals surface area contributed by atoms with Gasteiger partial charge in [-0.1, -0.05) is 72.8 Å². The highest BCUT2D eigenvalue weighted by Crippen LogP contribution is 2.34. The van der Waals surface area contributed by atoms with Gasteiger partial charge in [0.15, 0.2) is 0 Å². The average Bonchev–Trinajstić information content (AvgIpc) is 3.56. The Balaban J connectivity index is 1.36. The second-order valence-corrected chi connectivity index (χ2v) is 11.5. The standard InChI is InChI=1S/C35H39N5O/c1-27(41)40(35(2,34-22-37-26-38-34)20-28-15-17-29(21-36)18-16-28)24-30-10-9-19-39(23-30)25-33(31-11-5-3-6-12-31)32-13-7-4-8-14-32/h3-8,11-18,22,26,30,33H,9-10,19-20,23-25H2,1-2H3,(H,37,38)/t30-,35?/m0/s1. The molecule has 3 aromatic carbocycles. The lowest BCUT2D eigenvalue weighted by molar-refractivity contribution is -0.136. The molecule has 0 saturated carbocycles. The molecule has 6 nitrogen and oxygen atoms in total. The molecule has 0 bridgehead atoms. The minimum absolute atomic E-state index is 0.0549. The van der Waals surface area contributed by atoms with Gasteiger partial charge in [-0.05, 0) is 61.1 Å². The summed E-state index contributed by atoms with van der Waals surface area (Å²) in [5.74, 6) is 0.717. The van der Waals surface area contributed by atoms with E-state index in [1.54, 1.807) is 13.3 Å². The number of carbonyl (C=O) groups excluding carboxylic acids is 1. The number of aromatic nitrogens is 2. The van der Waals surface area contributed by atoms with Crippen molar-refractivity contribution in [2.75, 3.05) is 26.2 Å². The Hall–Kier alpha value is -4.21. The molecule has 1 amide bonds.